The molecule has 0 aromatic carbocycles. The predicted octanol–water partition coefficient (Wildman–Crippen LogP) is 0.402. The average molecular weight is 308 g/mol. The second-order valence-electron chi connectivity index (χ2n) is 5.42. The van der Waals surface area contributed by atoms with Gasteiger partial charge in [-0.15, -0.1) is 0 Å². The summed E-state index contributed by atoms with van der Waals surface area (Å²) in [5.74, 6) is -1.01. The molecular weight excluding hydrogens is 284 g/mol. The summed E-state index contributed by atoms with van der Waals surface area (Å²) in [6, 6.07) is 1.94. The van der Waals surface area contributed by atoms with Gasteiger partial charge >= 0.3 is 5.97 Å². The molecule has 0 unspecified atom stereocenters. The van der Waals surface area contributed by atoms with Crippen LogP contribution < -0.4 is 5.32 Å². The SMILES string of the molecule is CN1CCN(C(=O)/C(C#N)=C\NCCCCCC(=O)O)CC1. The van der Waals surface area contributed by atoms with Crippen LogP contribution in [0.2, 0.25) is 0 Å². The number of aliphatic carboxylic acids is 1. The molecule has 0 saturated carbocycles. The molecule has 0 aromatic rings. The lowest BCUT2D eigenvalue weighted by Crippen LogP contribution is -2.47. The number of rotatable bonds is 8. The summed E-state index contributed by atoms with van der Waals surface area (Å²) in [4.78, 5) is 26.4. The third kappa shape index (κ3) is 6.59. The zero-order chi connectivity index (χ0) is 16.4. The molecule has 0 aliphatic carbocycles. The van der Waals surface area contributed by atoms with Gasteiger partial charge in [-0.05, 0) is 19.9 Å². The fraction of sp³-hybridized carbons (Fsp3) is 0.667. The van der Waals surface area contributed by atoms with Gasteiger partial charge in [0.05, 0.1) is 0 Å². The van der Waals surface area contributed by atoms with Crippen LogP contribution in [0.4, 0.5) is 0 Å². The van der Waals surface area contributed by atoms with E-state index in [1.807, 2.05) is 13.1 Å². The third-order valence-corrected chi connectivity index (χ3v) is 3.60. The summed E-state index contributed by atoms with van der Waals surface area (Å²) >= 11 is 0. The van der Waals surface area contributed by atoms with Crippen molar-refractivity contribution in [2.45, 2.75) is 25.7 Å². The summed E-state index contributed by atoms with van der Waals surface area (Å²) in [7, 11) is 2.01. The molecule has 1 saturated heterocycles. The van der Waals surface area contributed by atoms with Crippen molar-refractivity contribution in [3.05, 3.63) is 11.8 Å². The van der Waals surface area contributed by atoms with Crippen LogP contribution in [0.1, 0.15) is 25.7 Å². The van der Waals surface area contributed by atoms with Crippen LogP contribution in [-0.4, -0.2) is 66.6 Å². The fourth-order valence-corrected chi connectivity index (χ4v) is 2.18. The van der Waals surface area contributed by atoms with Crippen LogP contribution in [0.5, 0.6) is 0 Å². The van der Waals surface area contributed by atoms with E-state index < -0.39 is 5.97 Å². The Morgan fingerprint density at radius 1 is 1.23 bits per heavy atom. The minimum Gasteiger partial charge on any atom is -0.481 e. The first kappa shape index (κ1) is 18.0. The van der Waals surface area contributed by atoms with Crippen molar-refractivity contribution < 1.29 is 14.7 Å². The van der Waals surface area contributed by atoms with Crippen molar-refractivity contribution in [3.63, 3.8) is 0 Å². The standard InChI is InChI=1S/C15H24N4O3/c1-18-7-9-19(10-8-18)15(22)13(11-16)12-17-6-4-2-3-5-14(20)21/h12,17H,2-10H2,1H3,(H,20,21)/b13-12-. The molecule has 0 radical (unpaired) electrons. The van der Waals surface area contributed by atoms with E-state index in [1.165, 1.54) is 6.20 Å². The Morgan fingerprint density at radius 2 is 1.91 bits per heavy atom. The zero-order valence-corrected chi connectivity index (χ0v) is 13.0. The lowest BCUT2D eigenvalue weighted by molar-refractivity contribution is -0.137. The van der Waals surface area contributed by atoms with Gasteiger partial charge in [-0.3, -0.25) is 9.59 Å². The van der Waals surface area contributed by atoms with Gasteiger partial charge in [0.25, 0.3) is 5.91 Å². The van der Waals surface area contributed by atoms with Gasteiger partial charge in [-0.1, -0.05) is 6.42 Å². The molecule has 7 heteroatoms. The predicted molar refractivity (Wildman–Crippen MR) is 81.9 cm³/mol. The van der Waals surface area contributed by atoms with Gasteiger partial charge in [-0.25, -0.2) is 0 Å². The number of hydrogen-bond donors (Lipinski definition) is 2. The van der Waals surface area contributed by atoms with Gasteiger partial charge in [0.2, 0.25) is 0 Å². The number of carboxylic acid groups (broad SMARTS) is 1. The highest BCUT2D eigenvalue weighted by Gasteiger charge is 2.21. The number of nitriles is 1. The molecule has 7 nitrogen and oxygen atoms in total. The van der Waals surface area contributed by atoms with Crippen LogP contribution in [0.3, 0.4) is 0 Å². The second kappa shape index (κ2) is 9.79. The van der Waals surface area contributed by atoms with Crippen LogP contribution >= 0.6 is 0 Å². The van der Waals surface area contributed by atoms with Crippen molar-refractivity contribution in [1.29, 1.82) is 5.26 Å². The first-order valence-electron chi connectivity index (χ1n) is 7.58. The van der Waals surface area contributed by atoms with E-state index in [-0.39, 0.29) is 17.9 Å². The Hall–Kier alpha value is -2.07. The average Bonchev–Trinajstić information content (AvgIpc) is 2.50. The topological polar surface area (TPSA) is 96.7 Å². The van der Waals surface area contributed by atoms with E-state index in [1.54, 1.807) is 4.90 Å². The van der Waals surface area contributed by atoms with Gasteiger partial charge in [0.1, 0.15) is 11.6 Å². The number of unbranched alkanes of at least 4 members (excludes halogenated alkanes) is 2. The maximum atomic E-state index is 12.2. The molecule has 1 heterocycles. The molecule has 1 aliphatic heterocycles. The molecule has 0 aromatic heterocycles. The van der Waals surface area contributed by atoms with Crippen molar-refractivity contribution in [2.75, 3.05) is 39.8 Å². The molecule has 0 atom stereocenters. The highest BCUT2D eigenvalue weighted by Crippen LogP contribution is 2.05. The molecule has 0 bridgehead atoms. The zero-order valence-electron chi connectivity index (χ0n) is 13.0. The summed E-state index contributed by atoms with van der Waals surface area (Å²) in [6.45, 7) is 3.55. The molecule has 0 spiro atoms. The van der Waals surface area contributed by atoms with E-state index >= 15 is 0 Å². The Labute approximate surface area is 131 Å². The quantitative estimate of drug-likeness (QED) is 0.383. The van der Waals surface area contributed by atoms with Crippen LogP contribution in [0.25, 0.3) is 0 Å². The van der Waals surface area contributed by atoms with Crippen LogP contribution in [-0.2, 0) is 9.59 Å². The monoisotopic (exact) mass is 308 g/mol. The number of hydrogen-bond acceptors (Lipinski definition) is 5. The number of nitrogens with zero attached hydrogens (tertiary/aromatic N) is 3. The first-order valence-corrected chi connectivity index (χ1v) is 7.58. The molecule has 22 heavy (non-hydrogen) atoms. The van der Waals surface area contributed by atoms with Gasteiger partial charge < -0.3 is 20.2 Å². The lowest BCUT2D eigenvalue weighted by atomic mass is 10.2. The Kier molecular flexibility index (Phi) is 8.00. The van der Waals surface area contributed by atoms with E-state index in [4.69, 9.17) is 10.4 Å². The lowest BCUT2D eigenvalue weighted by Gasteiger charge is -2.32. The first-order chi connectivity index (χ1) is 10.5. The van der Waals surface area contributed by atoms with Gasteiger partial charge in [0.15, 0.2) is 0 Å². The Morgan fingerprint density at radius 3 is 2.50 bits per heavy atom. The van der Waals surface area contributed by atoms with Crippen molar-refractivity contribution in [1.82, 2.24) is 15.1 Å². The maximum Gasteiger partial charge on any atom is 0.303 e. The number of nitrogens with one attached hydrogen (secondary N) is 1. The van der Waals surface area contributed by atoms with Gasteiger partial charge in [0, 0.05) is 45.3 Å². The second-order valence-corrected chi connectivity index (χ2v) is 5.42. The number of piperazine rings is 1. The number of carbonyl (C=O) groups is 2. The summed E-state index contributed by atoms with van der Waals surface area (Å²) < 4.78 is 0. The molecule has 2 N–H and O–H groups in total. The van der Waals surface area contributed by atoms with Crippen LogP contribution in [0, 0.1) is 11.3 Å². The minimum atomic E-state index is -0.780. The fourth-order valence-electron chi connectivity index (χ4n) is 2.18. The summed E-state index contributed by atoms with van der Waals surface area (Å²) in [6.07, 6.45) is 3.91. The van der Waals surface area contributed by atoms with E-state index in [2.05, 4.69) is 10.2 Å². The molecular formula is C15H24N4O3. The van der Waals surface area contributed by atoms with Crippen molar-refractivity contribution in [2.24, 2.45) is 0 Å². The Bertz CT molecular complexity index is 448. The number of amides is 1. The number of carbonyl (C=O) groups excluding carboxylic acids is 1. The highest BCUT2D eigenvalue weighted by atomic mass is 16.4. The van der Waals surface area contributed by atoms with Gasteiger partial charge in [-0.2, -0.15) is 5.26 Å². The van der Waals surface area contributed by atoms with Crippen molar-refractivity contribution >= 4 is 11.9 Å². The minimum absolute atomic E-state index is 0.120. The third-order valence-electron chi connectivity index (χ3n) is 3.60. The summed E-state index contributed by atoms with van der Waals surface area (Å²) in [5, 5.41) is 20.6. The van der Waals surface area contributed by atoms with Crippen LogP contribution in [0.15, 0.2) is 11.8 Å². The highest BCUT2D eigenvalue weighted by molar-refractivity contribution is 5.97. The van der Waals surface area contributed by atoms with E-state index in [0.717, 1.165) is 25.9 Å². The molecule has 1 fully saturated rings. The van der Waals surface area contributed by atoms with E-state index in [9.17, 15) is 9.59 Å². The van der Waals surface area contributed by atoms with Crippen molar-refractivity contribution in [3.8, 4) is 6.07 Å². The molecule has 1 aliphatic rings. The molecule has 122 valence electrons. The molecule has 1 rings (SSSR count). The normalized spacial score (nSPS) is 16.2. The smallest absolute Gasteiger partial charge is 0.303 e. The molecule has 1 amide bonds. The maximum absolute atomic E-state index is 12.2. The van der Waals surface area contributed by atoms with E-state index in [0.29, 0.717) is 26.1 Å². The number of likely N-dealkylation sites (N-methyl/N-ethyl adjacent to an activating group) is 1. The largest absolute Gasteiger partial charge is 0.481 e. The number of carboxylic acids is 1. The Balaban J connectivity index is 2.29. The summed E-state index contributed by atoms with van der Waals surface area (Å²) in [5.41, 5.74) is 0.120.